The fourth-order valence-electron chi connectivity index (χ4n) is 3.67. The van der Waals surface area contributed by atoms with Gasteiger partial charge in [-0.1, -0.05) is 30.2 Å². The summed E-state index contributed by atoms with van der Waals surface area (Å²) in [4.78, 5) is 17.2. The fourth-order valence-corrected chi connectivity index (χ4v) is 6.23. The lowest BCUT2D eigenvalue weighted by Crippen LogP contribution is -2.35. The van der Waals surface area contributed by atoms with Crippen molar-refractivity contribution in [3.05, 3.63) is 75.2 Å². The van der Waals surface area contributed by atoms with E-state index < -0.39 is 10.0 Å². The SMILES string of the molecule is O=C(Cc1csc(Cc2cccc(Cl)c2)n1)Nc1ccc(S(=O)(=O)N2CCCCC2)cc1. The molecule has 1 aliphatic heterocycles. The van der Waals surface area contributed by atoms with Crippen LogP contribution in [0.4, 0.5) is 5.69 Å². The Morgan fingerprint density at radius 1 is 1.09 bits per heavy atom. The van der Waals surface area contributed by atoms with Gasteiger partial charge in [0.1, 0.15) is 0 Å². The molecular weight excluding hydrogens is 466 g/mol. The number of thiazole rings is 1. The van der Waals surface area contributed by atoms with Gasteiger partial charge < -0.3 is 5.32 Å². The highest BCUT2D eigenvalue weighted by atomic mass is 35.5. The molecule has 1 fully saturated rings. The number of nitrogens with zero attached hydrogens (tertiary/aromatic N) is 2. The Kier molecular flexibility index (Phi) is 7.25. The second-order valence-corrected chi connectivity index (χ2v) is 11.1. The zero-order valence-electron chi connectivity index (χ0n) is 17.5. The summed E-state index contributed by atoms with van der Waals surface area (Å²) >= 11 is 7.54. The zero-order chi connectivity index (χ0) is 22.6. The molecule has 1 N–H and O–H groups in total. The largest absolute Gasteiger partial charge is 0.326 e. The Balaban J connectivity index is 1.34. The molecule has 0 spiro atoms. The molecule has 3 aromatic rings. The minimum Gasteiger partial charge on any atom is -0.326 e. The molecule has 0 unspecified atom stereocenters. The lowest BCUT2D eigenvalue weighted by Gasteiger charge is -2.25. The van der Waals surface area contributed by atoms with Gasteiger partial charge in [-0.05, 0) is 54.8 Å². The van der Waals surface area contributed by atoms with E-state index in [2.05, 4.69) is 10.3 Å². The zero-order valence-corrected chi connectivity index (χ0v) is 19.8. The Hall–Kier alpha value is -2.26. The number of sulfonamides is 1. The number of carbonyl (C=O) groups is 1. The molecule has 0 bridgehead atoms. The highest BCUT2D eigenvalue weighted by molar-refractivity contribution is 7.89. The molecule has 0 saturated carbocycles. The van der Waals surface area contributed by atoms with Gasteiger partial charge in [-0.3, -0.25) is 4.79 Å². The molecular formula is C23H24ClN3O3S2. The van der Waals surface area contributed by atoms with Gasteiger partial charge in [0.05, 0.1) is 22.0 Å². The summed E-state index contributed by atoms with van der Waals surface area (Å²) in [5.74, 6) is -0.198. The van der Waals surface area contributed by atoms with E-state index in [0.29, 0.717) is 35.9 Å². The van der Waals surface area contributed by atoms with Crippen molar-refractivity contribution in [3.63, 3.8) is 0 Å². The first-order chi connectivity index (χ1) is 15.4. The van der Waals surface area contributed by atoms with Gasteiger partial charge in [0.2, 0.25) is 15.9 Å². The molecule has 0 atom stereocenters. The number of hydrogen-bond donors (Lipinski definition) is 1. The number of rotatable bonds is 7. The lowest BCUT2D eigenvalue weighted by atomic mass is 10.2. The molecule has 9 heteroatoms. The van der Waals surface area contributed by atoms with Crippen molar-refractivity contribution in [2.75, 3.05) is 18.4 Å². The van der Waals surface area contributed by atoms with Gasteiger partial charge in [0.15, 0.2) is 0 Å². The Morgan fingerprint density at radius 3 is 2.56 bits per heavy atom. The predicted octanol–water partition coefficient (Wildman–Crippen LogP) is 4.74. The van der Waals surface area contributed by atoms with Crippen LogP contribution in [0.3, 0.4) is 0 Å². The molecule has 4 rings (SSSR count). The number of carbonyl (C=O) groups excluding carboxylic acids is 1. The third-order valence-corrected chi connectivity index (χ3v) is 8.32. The van der Waals surface area contributed by atoms with Crippen molar-refractivity contribution in [3.8, 4) is 0 Å². The standard InChI is InChI=1S/C23H24ClN3O3S2/c24-18-6-4-5-17(13-18)14-23-26-20(16-31-23)15-22(28)25-19-7-9-21(10-8-19)32(29,30)27-11-2-1-3-12-27/h4-10,13,16H,1-3,11-12,14-15H2,(H,25,28). The van der Waals surface area contributed by atoms with E-state index in [1.165, 1.54) is 15.6 Å². The van der Waals surface area contributed by atoms with Crippen LogP contribution in [0.5, 0.6) is 0 Å². The molecule has 6 nitrogen and oxygen atoms in total. The van der Waals surface area contributed by atoms with Gasteiger partial charge in [-0.25, -0.2) is 13.4 Å². The second-order valence-electron chi connectivity index (χ2n) is 7.75. The molecule has 32 heavy (non-hydrogen) atoms. The summed E-state index contributed by atoms with van der Waals surface area (Å²) in [7, 11) is -3.48. The average Bonchev–Trinajstić information content (AvgIpc) is 3.21. The summed E-state index contributed by atoms with van der Waals surface area (Å²) in [6.07, 6.45) is 3.67. The molecule has 1 aromatic heterocycles. The number of aromatic nitrogens is 1. The third-order valence-electron chi connectivity index (χ3n) is 5.28. The Bertz CT molecular complexity index is 1190. The Morgan fingerprint density at radius 2 is 1.84 bits per heavy atom. The topological polar surface area (TPSA) is 79.4 Å². The van der Waals surface area contributed by atoms with Crippen LogP contribution < -0.4 is 5.32 Å². The summed E-state index contributed by atoms with van der Waals surface area (Å²) in [5.41, 5.74) is 2.33. The molecule has 0 radical (unpaired) electrons. The molecule has 0 aliphatic carbocycles. The maximum atomic E-state index is 12.7. The predicted molar refractivity (Wildman–Crippen MR) is 128 cm³/mol. The number of anilines is 1. The third kappa shape index (κ3) is 5.75. The highest BCUT2D eigenvalue weighted by Crippen LogP contribution is 2.22. The van der Waals surface area contributed by atoms with Gasteiger partial charge in [-0.15, -0.1) is 11.3 Å². The number of nitrogens with one attached hydrogen (secondary N) is 1. The summed E-state index contributed by atoms with van der Waals surface area (Å²) < 4.78 is 27.0. The number of benzene rings is 2. The van der Waals surface area contributed by atoms with Crippen LogP contribution >= 0.6 is 22.9 Å². The maximum absolute atomic E-state index is 12.7. The van der Waals surface area contributed by atoms with Crippen molar-refractivity contribution in [2.24, 2.45) is 0 Å². The van der Waals surface area contributed by atoms with Crippen molar-refractivity contribution < 1.29 is 13.2 Å². The average molecular weight is 490 g/mol. The first kappa shape index (κ1) is 22.9. The summed E-state index contributed by atoms with van der Waals surface area (Å²) in [6, 6.07) is 14.0. The van der Waals surface area contributed by atoms with Gasteiger partial charge in [-0.2, -0.15) is 4.31 Å². The van der Waals surface area contributed by atoms with Crippen molar-refractivity contribution in [1.82, 2.24) is 9.29 Å². The van der Waals surface area contributed by atoms with E-state index in [4.69, 9.17) is 11.6 Å². The normalized spacial score (nSPS) is 14.9. The van der Waals surface area contributed by atoms with Crippen LogP contribution in [-0.4, -0.2) is 36.7 Å². The van der Waals surface area contributed by atoms with Crippen LogP contribution in [0.15, 0.2) is 58.8 Å². The lowest BCUT2D eigenvalue weighted by molar-refractivity contribution is -0.115. The van der Waals surface area contributed by atoms with Crippen molar-refractivity contribution in [1.29, 1.82) is 0 Å². The first-order valence-corrected chi connectivity index (χ1v) is 13.2. The molecule has 1 saturated heterocycles. The van der Waals surface area contributed by atoms with E-state index in [-0.39, 0.29) is 17.2 Å². The number of hydrogen-bond acceptors (Lipinski definition) is 5. The minimum atomic E-state index is -3.48. The van der Waals surface area contributed by atoms with Gasteiger partial charge >= 0.3 is 0 Å². The molecule has 1 amide bonds. The van der Waals surface area contributed by atoms with Crippen molar-refractivity contribution >= 4 is 44.6 Å². The van der Waals surface area contributed by atoms with Crippen LogP contribution in [-0.2, 0) is 27.7 Å². The van der Waals surface area contributed by atoms with Crippen LogP contribution in [0.1, 0.15) is 35.5 Å². The van der Waals surface area contributed by atoms with Gasteiger partial charge in [0, 0.05) is 35.6 Å². The smallest absolute Gasteiger partial charge is 0.243 e. The summed E-state index contributed by atoms with van der Waals surface area (Å²) in [5, 5.41) is 6.30. The Labute approximate surface area is 197 Å². The van der Waals surface area contributed by atoms with Crippen molar-refractivity contribution in [2.45, 2.75) is 37.0 Å². The van der Waals surface area contributed by atoms with Crippen LogP contribution in [0.2, 0.25) is 5.02 Å². The fraction of sp³-hybridized carbons (Fsp3) is 0.304. The molecule has 2 heterocycles. The van der Waals surface area contributed by atoms with E-state index >= 15 is 0 Å². The quantitative estimate of drug-likeness (QED) is 0.519. The maximum Gasteiger partial charge on any atom is 0.243 e. The van der Waals surface area contributed by atoms with Gasteiger partial charge in [0.25, 0.3) is 0 Å². The van der Waals surface area contributed by atoms with Crippen LogP contribution in [0, 0.1) is 0 Å². The number of piperidine rings is 1. The van der Waals surface area contributed by atoms with E-state index in [0.717, 1.165) is 29.8 Å². The van der Waals surface area contributed by atoms with Crippen LogP contribution in [0.25, 0.3) is 0 Å². The monoisotopic (exact) mass is 489 g/mol. The molecule has 1 aliphatic rings. The number of halogens is 1. The molecule has 168 valence electrons. The van der Waals surface area contributed by atoms with E-state index in [9.17, 15) is 13.2 Å². The second kappa shape index (κ2) is 10.1. The minimum absolute atomic E-state index is 0.153. The summed E-state index contributed by atoms with van der Waals surface area (Å²) in [6.45, 7) is 1.13. The molecule has 2 aromatic carbocycles. The first-order valence-electron chi connectivity index (χ1n) is 10.5. The number of amides is 1. The highest BCUT2D eigenvalue weighted by Gasteiger charge is 2.25. The van der Waals surface area contributed by atoms with E-state index in [1.807, 2.05) is 29.6 Å². The van der Waals surface area contributed by atoms with E-state index in [1.54, 1.807) is 24.3 Å².